The van der Waals surface area contributed by atoms with Crippen LogP contribution >= 0.6 is 0 Å². The van der Waals surface area contributed by atoms with Gasteiger partial charge in [-0.15, -0.1) is 0 Å². The molecular formula is C27H33NO5. The van der Waals surface area contributed by atoms with Crippen molar-refractivity contribution in [3.05, 3.63) is 47.0 Å². The van der Waals surface area contributed by atoms with Crippen molar-refractivity contribution in [3.8, 4) is 23.0 Å². The highest BCUT2D eigenvalue weighted by molar-refractivity contribution is 5.95. The van der Waals surface area contributed by atoms with E-state index in [1.54, 1.807) is 28.4 Å². The highest BCUT2D eigenvalue weighted by Crippen LogP contribution is 2.40. The molecule has 0 saturated heterocycles. The molecule has 0 atom stereocenters. The van der Waals surface area contributed by atoms with E-state index in [0.717, 1.165) is 54.5 Å². The maximum Gasteiger partial charge on any atom is 0.230 e. The Morgan fingerprint density at radius 1 is 0.848 bits per heavy atom. The first-order valence-electron chi connectivity index (χ1n) is 11.6. The first-order valence-corrected chi connectivity index (χ1v) is 11.6. The largest absolute Gasteiger partial charge is 0.493 e. The molecule has 6 nitrogen and oxygen atoms in total. The van der Waals surface area contributed by atoms with Crippen LogP contribution in [0, 0.1) is 5.92 Å². The van der Waals surface area contributed by atoms with E-state index in [2.05, 4.69) is 6.08 Å². The van der Waals surface area contributed by atoms with Crippen molar-refractivity contribution >= 4 is 17.7 Å². The third-order valence-electron chi connectivity index (χ3n) is 6.71. The smallest absolute Gasteiger partial charge is 0.230 e. The van der Waals surface area contributed by atoms with E-state index in [1.165, 1.54) is 6.42 Å². The fourth-order valence-corrected chi connectivity index (χ4v) is 4.92. The first-order chi connectivity index (χ1) is 16.1. The molecule has 1 aliphatic carbocycles. The van der Waals surface area contributed by atoms with Crippen molar-refractivity contribution in [2.45, 2.75) is 38.5 Å². The summed E-state index contributed by atoms with van der Waals surface area (Å²) >= 11 is 0. The Hall–Kier alpha value is -3.15. The van der Waals surface area contributed by atoms with E-state index in [9.17, 15) is 4.79 Å². The summed E-state index contributed by atoms with van der Waals surface area (Å²) in [5, 5.41) is 0. The fourth-order valence-electron chi connectivity index (χ4n) is 4.92. The number of nitrogens with zero attached hydrogens (tertiary/aromatic N) is 1. The van der Waals surface area contributed by atoms with Crippen molar-refractivity contribution in [3.63, 3.8) is 0 Å². The van der Waals surface area contributed by atoms with Crippen LogP contribution in [0.4, 0.5) is 0 Å². The SMILES string of the molecule is COc1ccc(/C=C2/c3cc(OC)c(OC)cc3CCN2C(=O)C2CCCCC2)cc1OC. The summed E-state index contributed by atoms with van der Waals surface area (Å²) in [6.07, 6.45) is 8.25. The average molecular weight is 452 g/mol. The number of carbonyl (C=O) groups is 1. The van der Waals surface area contributed by atoms with Crippen molar-refractivity contribution in [1.82, 2.24) is 4.90 Å². The van der Waals surface area contributed by atoms with Gasteiger partial charge in [-0.2, -0.15) is 0 Å². The van der Waals surface area contributed by atoms with Gasteiger partial charge in [0.2, 0.25) is 5.91 Å². The molecule has 0 aromatic heterocycles. The molecule has 1 saturated carbocycles. The standard InChI is InChI=1S/C27H33NO5/c1-30-23-11-10-18(15-24(23)31-2)14-22-21-17-26(33-4)25(32-3)16-20(21)12-13-28(22)27(29)19-8-6-5-7-9-19/h10-11,14-17,19H,5-9,12-13H2,1-4H3/b22-14-. The van der Waals surface area contributed by atoms with Crippen LogP contribution in [0.2, 0.25) is 0 Å². The van der Waals surface area contributed by atoms with Crippen LogP contribution in [0.3, 0.4) is 0 Å². The van der Waals surface area contributed by atoms with Gasteiger partial charge >= 0.3 is 0 Å². The topological polar surface area (TPSA) is 57.2 Å². The zero-order valence-corrected chi connectivity index (χ0v) is 20.0. The average Bonchev–Trinajstić information content (AvgIpc) is 2.88. The summed E-state index contributed by atoms with van der Waals surface area (Å²) in [5.41, 5.74) is 3.97. The van der Waals surface area contributed by atoms with Crippen molar-refractivity contribution in [2.24, 2.45) is 5.92 Å². The van der Waals surface area contributed by atoms with Crippen LogP contribution < -0.4 is 18.9 Å². The van der Waals surface area contributed by atoms with Gasteiger partial charge in [-0.05, 0) is 60.7 Å². The Bertz CT molecular complexity index is 1040. The fraction of sp³-hybridized carbons (Fsp3) is 0.444. The molecule has 0 N–H and O–H groups in total. The van der Waals surface area contributed by atoms with Crippen LogP contribution in [0.15, 0.2) is 30.3 Å². The van der Waals surface area contributed by atoms with Crippen LogP contribution in [0.1, 0.15) is 48.8 Å². The van der Waals surface area contributed by atoms with Crippen LogP contribution in [-0.2, 0) is 11.2 Å². The number of ether oxygens (including phenoxy) is 4. The number of carbonyl (C=O) groups excluding carboxylic acids is 1. The van der Waals surface area contributed by atoms with Crippen LogP contribution in [0.5, 0.6) is 23.0 Å². The molecule has 2 aromatic rings. The minimum absolute atomic E-state index is 0.0919. The van der Waals surface area contributed by atoms with Crippen LogP contribution in [0.25, 0.3) is 11.8 Å². The summed E-state index contributed by atoms with van der Waals surface area (Å²) in [6.45, 7) is 0.650. The zero-order chi connectivity index (χ0) is 23.4. The number of amides is 1. The van der Waals surface area contributed by atoms with E-state index >= 15 is 0 Å². The third-order valence-corrected chi connectivity index (χ3v) is 6.71. The summed E-state index contributed by atoms with van der Waals surface area (Å²) in [5.74, 6) is 3.00. The number of benzene rings is 2. The Morgan fingerprint density at radius 2 is 1.48 bits per heavy atom. The monoisotopic (exact) mass is 451 g/mol. The number of hydrogen-bond acceptors (Lipinski definition) is 5. The molecule has 0 unspecified atom stereocenters. The summed E-state index contributed by atoms with van der Waals surface area (Å²) in [4.78, 5) is 15.6. The Kier molecular flexibility index (Phi) is 7.11. The Labute approximate surface area is 196 Å². The lowest BCUT2D eigenvalue weighted by atomic mass is 9.86. The van der Waals surface area contributed by atoms with E-state index in [-0.39, 0.29) is 11.8 Å². The minimum atomic E-state index is 0.0919. The predicted molar refractivity (Wildman–Crippen MR) is 129 cm³/mol. The van der Waals surface area contributed by atoms with Gasteiger partial charge in [0.25, 0.3) is 0 Å². The number of methoxy groups -OCH3 is 4. The number of rotatable bonds is 6. The van der Waals surface area contributed by atoms with Gasteiger partial charge < -0.3 is 23.8 Å². The zero-order valence-electron chi connectivity index (χ0n) is 20.0. The first kappa shape index (κ1) is 23.0. The molecule has 0 radical (unpaired) electrons. The van der Waals surface area contributed by atoms with Crippen molar-refractivity contribution in [1.29, 1.82) is 0 Å². The van der Waals surface area contributed by atoms with Gasteiger partial charge in [-0.3, -0.25) is 4.79 Å². The molecule has 1 fully saturated rings. The normalized spacial score (nSPS) is 17.5. The highest BCUT2D eigenvalue weighted by atomic mass is 16.5. The molecule has 4 rings (SSSR count). The second-order valence-corrected chi connectivity index (χ2v) is 8.58. The maximum atomic E-state index is 13.6. The highest BCUT2D eigenvalue weighted by Gasteiger charge is 2.32. The Morgan fingerprint density at radius 3 is 2.15 bits per heavy atom. The Balaban J connectivity index is 1.82. The van der Waals surface area contributed by atoms with Gasteiger partial charge in [-0.25, -0.2) is 0 Å². The third kappa shape index (κ3) is 4.65. The quantitative estimate of drug-likeness (QED) is 0.605. The van der Waals surface area contributed by atoms with Gasteiger partial charge in [0.1, 0.15) is 0 Å². The molecule has 0 bridgehead atoms. The van der Waals surface area contributed by atoms with Crippen molar-refractivity contribution < 1.29 is 23.7 Å². The second-order valence-electron chi connectivity index (χ2n) is 8.58. The molecule has 2 aromatic carbocycles. The molecule has 1 amide bonds. The van der Waals surface area contributed by atoms with Gasteiger partial charge in [0.15, 0.2) is 23.0 Å². The van der Waals surface area contributed by atoms with E-state index in [0.29, 0.717) is 29.5 Å². The molecule has 176 valence electrons. The molecule has 0 spiro atoms. The van der Waals surface area contributed by atoms with Gasteiger partial charge in [0, 0.05) is 18.0 Å². The lowest BCUT2D eigenvalue weighted by molar-refractivity contribution is -0.133. The molecule has 1 aliphatic heterocycles. The van der Waals surface area contributed by atoms with E-state index < -0.39 is 0 Å². The predicted octanol–water partition coefficient (Wildman–Crippen LogP) is 5.18. The molecular weight excluding hydrogens is 418 g/mol. The van der Waals surface area contributed by atoms with Gasteiger partial charge in [0.05, 0.1) is 34.1 Å². The number of fused-ring (bicyclic) bond motifs is 1. The molecule has 1 heterocycles. The lowest BCUT2D eigenvalue weighted by Crippen LogP contribution is -2.39. The number of hydrogen-bond donors (Lipinski definition) is 0. The lowest BCUT2D eigenvalue weighted by Gasteiger charge is -2.35. The summed E-state index contributed by atoms with van der Waals surface area (Å²) < 4.78 is 22.0. The molecule has 6 heteroatoms. The van der Waals surface area contributed by atoms with Crippen LogP contribution in [-0.4, -0.2) is 45.8 Å². The molecule has 33 heavy (non-hydrogen) atoms. The van der Waals surface area contributed by atoms with Crippen molar-refractivity contribution in [2.75, 3.05) is 35.0 Å². The summed E-state index contributed by atoms with van der Waals surface area (Å²) in [6, 6.07) is 9.81. The van der Waals surface area contributed by atoms with E-state index in [1.807, 2.05) is 35.2 Å². The second kappa shape index (κ2) is 10.2. The summed E-state index contributed by atoms with van der Waals surface area (Å²) in [7, 11) is 6.53. The van der Waals surface area contributed by atoms with Gasteiger partial charge in [-0.1, -0.05) is 25.3 Å². The molecule has 2 aliphatic rings. The minimum Gasteiger partial charge on any atom is -0.493 e. The van der Waals surface area contributed by atoms with E-state index in [4.69, 9.17) is 18.9 Å². The maximum absolute atomic E-state index is 13.6.